The predicted molar refractivity (Wildman–Crippen MR) is 70.6 cm³/mol. The van der Waals surface area contributed by atoms with Crippen LogP contribution >= 0.6 is 11.3 Å². The second-order valence-electron chi connectivity index (χ2n) is 3.77. The van der Waals surface area contributed by atoms with Crippen LogP contribution in [0.1, 0.15) is 29.9 Å². The van der Waals surface area contributed by atoms with Gasteiger partial charge in [-0.25, -0.2) is 0 Å². The molecule has 1 aromatic heterocycles. The Labute approximate surface area is 109 Å². The molecule has 7 heteroatoms. The molecule has 1 rings (SSSR count). The summed E-state index contributed by atoms with van der Waals surface area (Å²) in [5.41, 5.74) is -0.0370. The minimum atomic E-state index is -0.472. The van der Waals surface area contributed by atoms with Crippen molar-refractivity contribution in [2.24, 2.45) is 0 Å². The fourth-order valence-corrected chi connectivity index (χ4v) is 2.68. The molecule has 0 aliphatic rings. The normalized spacial score (nSPS) is 10.4. The van der Waals surface area contributed by atoms with Crippen LogP contribution in [0.15, 0.2) is 6.07 Å². The van der Waals surface area contributed by atoms with Crippen LogP contribution in [0.4, 0.5) is 10.7 Å². The standard InChI is InChI=1S/C11H16N2O4S/c1-3-12(5-4-6-14)11-9(13(16)17)7-10(18-11)8(2)15/h7,14H,3-6H2,1-2H3. The van der Waals surface area contributed by atoms with E-state index >= 15 is 0 Å². The average molecular weight is 272 g/mol. The molecule has 100 valence electrons. The molecule has 0 saturated heterocycles. The number of carbonyl (C=O) groups excluding carboxylic acids is 1. The van der Waals surface area contributed by atoms with Gasteiger partial charge >= 0.3 is 5.69 Å². The highest BCUT2D eigenvalue weighted by molar-refractivity contribution is 7.18. The number of anilines is 1. The first-order valence-corrected chi connectivity index (χ1v) is 6.47. The van der Waals surface area contributed by atoms with Crippen LogP contribution in [0.2, 0.25) is 0 Å². The molecule has 0 aliphatic carbocycles. The van der Waals surface area contributed by atoms with Crippen LogP contribution in [0.25, 0.3) is 0 Å². The van der Waals surface area contributed by atoms with Gasteiger partial charge in [0.1, 0.15) is 0 Å². The zero-order chi connectivity index (χ0) is 13.7. The van der Waals surface area contributed by atoms with Gasteiger partial charge in [0.2, 0.25) is 0 Å². The van der Waals surface area contributed by atoms with Crippen molar-refractivity contribution in [3.8, 4) is 0 Å². The maximum absolute atomic E-state index is 11.3. The third-order valence-electron chi connectivity index (χ3n) is 2.49. The number of Topliss-reactive ketones (excluding diaryl/α,β-unsaturated/α-hetero) is 1. The molecular formula is C11H16N2O4S. The number of rotatable bonds is 7. The SMILES string of the molecule is CCN(CCCO)c1sc(C(C)=O)cc1[N+](=O)[O-]. The van der Waals surface area contributed by atoms with Crippen molar-refractivity contribution in [2.75, 3.05) is 24.6 Å². The van der Waals surface area contributed by atoms with Crippen molar-refractivity contribution in [2.45, 2.75) is 20.3 Å². The maximum atomic E-state index is 11.3. The first-order chi connectivity index (χ1) is 8.51. The van der Waals surface area contributed by atoms with E-state index in [9.17, 15) is 14.9 Å². The minimum absolute atomic E-state index is 0.0369. The lowest BCUT2D eigenvalue weighted by Crippen LogP contribution is -2.24. The van der Waals surface area contributed by atoms with E-state index in [1.54, 1.807) is 0 Å². The van der Waals surface area contributed by atoms with Crippen LogP contribution in [0.3, 0.4) is 0 Å². The first kappa shape index (κ1) is 14.6. The smallest absolute Gasteiger partial charge is 0.304 e. The largest absolute Gasteiger partial charge is 0.396 e. The Bertz CT molecular complexity index is 444. The van der Waals surface area contributed by atoms with E-state index in [2.05, 4.69) is 0 Å². The van der Waals surface area contributed by atoms with Gasteiger partial charge in [-0.05, 0) is 20.3 Å². The Balaban J connectivity index is 3.10. The van der Waals surface area contributed by atoms with E-state index in [0.29, 0.717) is 29.4 Å². The van der Waals surface area contributed by atoms with Crippen molar-refractivity contribution >= 4 is 27.8 Å². The summed E-state index contributed by atoms with van der Waals surface area (Å²) >= 11 is 1.13. The summed E-state index contributed by atoms with van der Waals surface area (Å²) in [6.45, 7) is 4.44. The monoisotopic (exact) mass is 272 g/mol. The number of nitro groups is 1. The number of ketones is 1. The average Bonchev–Trinajstić information content (AvgIpc) is 2.75. The summed E-state index contributed by atoms with van der Waals surface area (Å²) in [7, 11) is 0. The third kappa shape index (κ3) is 3.27. The minimum Gasteiger partial charge on any atom is -0.396 e. The molecule has 0 saturated carbocycles. The second kappa shape index (κ2) is 6.46. The van der Waals surface area contributed by atoms with Crippen LogP contribution < -0.4 is 4.90 Å². The fraction of sp³-hybridized carbons (Fsp3) is 0.545. The van der Waals surface area contributed by atoms with E-state index in [0.717, 1.165) is 11.3 Å². The van der Waals surface area contributed by atoms with E-state index in [1.165, 1.54) is 13.0 Å². The van der Waals surface area contributed by atoms with Crippen molar-refractivity contribution in [1.29, 1.82) is 0 Å². The number of aliphatic hydroxyl groups excluding tert-OH is 1. The summed E-state index contributed by atoms with van der Waals surface area (Å²) in [4.78, 5) is 24.0. The molecule has 0 spiro atoms. The van der Waals surface area contributed by atoms with Crippen LogP contribution in [0, 0.1) is 10.1 Å². The number of hydrogen-bond acceptors (Lipinski definition) is 6. The zero-order valence-corrected chi connectivity index (χ0v) is 11.2. The molecule has 1 aromatic rings. The van der Waals surface area contributed by atoms with Crippen molar-refractivity contribution < 1.29 is 14.8 Å². The quantitative estimate of drug-likeness (QED) is 0.466. The third-order valence-corrected chi connectivity index (χ3v) is 3.78. The van der Waals surface area contributed by atoms with E-state index in [-0.39, 0.29) is 18.1 Å². The molecule has 0 aliphatic heterocycles. The number of aliphatic hydroxyl groups is 1. The Hall–Kier alpha value is -1.47. The van der Waals surface area contributed by atoms with Crippen LogP contribution in [-0.2, 0) is 0 Å². The molecule has 1 N–H and O–H groups in total. The maximum Gasteiger partial charge on any atom is 0.304 e. The summed E-state index contributed by atoms with van der Waals surface area (Å²) in [6, 6.07) is 1.32. The predicted octanol–water partition coefficient (Wildman–Crippen LogP) is 2.07. The highest BCUT2D eigenvalue weighted by atomic mass is 32.1. The molecule has 0 bridgehead atoms. The Morgan fingerprint density at radius 2 is 2.28 bits per heavy atom. The molecule has 0 fully saturated rings. The fourth-order valence-electron chi connectivity index (χ4n) is 1.57. The topological polar surface area (TPSA) is 83.7 Å². The van der Waals surface area contributed by atoms with Gasteiger partial charge in [-0.3, -0.25) is 14.9 Å². The zero-order valence-electron chi connectivity index (χ0n) is 10.4. The molecule has 0 atom stereocenters. The lowest BCUT2D eigenvalue weighted by atomic mass is 10.3. The highest BCUT2D eigenvalue weighted by Gasteiger charge is 2.24. The molecule has 1 heterocycles. The second-order valence-corrected chi connectivity index (χ2v) is 4.80. The van der Waals surface area contributed by atoms with Crippen LogP contribution in [-0.4, -0.2) is 35.5 Å². The highest BCUT2D eigenvalue weighted by Crippen LogP contribution is 2.37. The Morgan fingerprint density at radius 3 is 2.72 bits per heavy atom. The van der Waals surface area contributed by atoms with Gasteiger partial charge < -0.3 is 10.0 Å². The number of thiophene rings is 1. The lowest BCUT2D eigenvalue weighted by Gasteiger charge is -2.19. The van der Waals surface area contributed by atoms with Crippen molar-refractivity contribution in [3.05, 3.63) is 21.1 Å². The molecule has 6 nitrogen and oxygen atoms in total. The van der Waals surface area contributed by atoms with Gasteiger partial charge in [-0.1, -0.05) is 0 Å². The molecule has 18 heavy (non-hydrogen) atoms. The summed E-state index contributed by atoms with van der Waals surface area (Å²) in [5, 5.41) is 20.3. The van der Waals surface area contributed by atoms with E-state index in [1.807, 2.05) is 11.8 Å². The van der Waals surface area contributed by atoms with E-state index in [4.69, 9.17) is 5.11 Å². The molecular weight excluding hydrogens is 256 g/mol. The van der Waals surface area contributed by atoms with Crippen LogP contribution in [0.5, 0.6) is 0 Å². The Kier molecular flexibility index (Phi) is 5.24. The Morgan fingerprint density at radius 1 is 1.61 bits per heavy atom. The summed E-state index contributed by atoms with van der Waals surface area (Å²) < 4.78 is 0. The summed E-state index contributed by atoms with van der Waals surface area (Å²) in [6.07, 6.45) is 0.540. The number of nitrogens with zero attached hydrogens (tertiary/aromatic N) is 2. The van der Waals surface area contributed by atoms with Gasteiger partial charge in [-0.2, -0.15) is 0 Å². The molecule has 0 amide bonds. The first-order valence-electron chi connectivity index (χ1n) is 5.66. The lowest BCUT2D eigenvalue weighted by molar-refractivity contribution is -0.383. The van der Waals surface area contributed by atoms with E-state index < -0.39 is 4.92 Å². The number of carbonyl (C=O) groups is 1. The van der Waals surface area contributed by atoms with Crippen molar-refractivity contribution in [1.82, 2.24) is 0 Å². The molecule has 0 aromatic carbocycles. The number of hydrogen-bond donors (Lipinski definition) is 1. The van der Waals surface area contributed by atoms with Gasteiger partial charge in [0, 0.05) is 25.8 Å². The van der Waals surface area contributed by atoms with Gasteiger partial charge in [-0.15, -0.1) is 11.3 Å². The van der Waals surface area contributed by atoms with Gasteiger partial charge in [0.15, 0.2) is 10.8 Å². The van der Waals surface area contributed by atoms with Gasteiger partial charge in [0.25, 0.3) is 0 Å². The summed E-state index contributed by atoms with van der Waals surface area (Å²) in [5.74, 6) is -0.174. The van der Waals surface area contributed by atoms with Crippen molar-refractivity contribution in [3.63, 3.8) is 0 Å². The molecule has 0 radical (unpaired) electrons. The van der Waals surface area contributed by atoms with Gasteiger partial charge in [0.05, 0.1) is 9.80 Å². The molecule has 0 unspecified atom stereocenters.